The summed E-state index contributed by atoms with van der Waals surface area (Å²) < 4.78 is 5.05. The lowest BCUT2D eigenvalue weighted by atomic mass is 10.0. The number of benzene rings is 5. The molecule has 5 aromatic carbocycles. The SMILES string of the molecule is NCc1cccc(-n2c3ccccc3c3ccc(-c4cccc5c4sc4ccccc45)cc32)c1. The summed E-state index contributed by atoms with van der Waals surface area (Å²) >= 11 is 1.88. The number of thiophene rings is 1. The van der Waals surface area contributed by atoms with Gasteiger partial charge in [-0.3, -0.25) is 0 Å². The molecular formula is C31H22N2S. The third-order valence-electron chi connectivity index (χ3n) is 6.79. The molecule has 2 heterocycles. The summed E-state index contributed by atoms with van der Waals surface area (Å²) in [6.45, 7) is 0.532. The van der Waals surface area contributed by atoms with Crippen LogP contribution in [-0.2, 0) is 6.54 Å². The maximum atomic E-state index is 5.97. The summed E-state index contributed by atoms with van der Waals surface area (Å²) in [6.07, 6.45) is 0. The Morgan fingerprint density at radius 2 is 1.38 bits per heavy atom. The summed E-state index contributed by atoms with van der Waals surface area (Å²) in [4.78, 5) is 0. The Morgan fingerprint density at radius 1 is 0.618 bits per heavy atom. The molecule has 2 nitrogen and oxygen atoms in total. The monoisotopic (exact) mass is 454 g/mol. The molecule has 0 bridgehead atoms. The van der Waals surface area contributed by atoms with Crippen LogP contribution < -0.4 is 5.73 Å². The first kappa shape index (κ1) is 19.5. The highest BCUT2D eigenvalue weighted by molar-refractivity contribution is 7.26. The predicted molar refractivity (Wildman–Crippen MR) is 147 cm³/mol. The molecule has 0 unspecified atom stereocenters. The normalized spacial score (nSPS) is 11.8. The van der Waals surface area contributed by atoms with E-state index in [1.807, 2.05) is 11.3 Å². The van der Waals surface area contributed by atoms with Crippen molar-refractivity contribution in [3.63, 3.8) is 0 Å². The molecule has 0 fully saturated rings. The molecular weight excluding hydrogens is 432 g/mol. The summed E-state index contributed by atoms with van der Waals surface area (Å²) in [5, 5.41) is 5.19. The lowest BCUT2D eigenvalue weighted by molar-refractivity contribution is 1.06. The molecule has 0 aliphatic rings. The fraction of sp³-hybridized carbons (Fsp3) is 0.0323. The quantitative estimate of drug-likeness (QED) is 0.286. The minimum absolute atomic E-state index is 0.532. The van der Waals surface area contributed by atoms with E-state index in [-0.39, 0.29) is 0 Å². The third-order valence-corrected chi connectivity index (χ3v) is 8.01. The molecule has 0 radical (unpaired) electrons. The molecule has 0 aliphatic heterocycles. The largest absolute Gasteiger partial charge is 0.326 e. The van der Waals surface area contributed by atoms with E-state index in [0.29, 0.717) is 6.54 Å². The second kappa shape index (κ2) is 7.56. The number of aromatic nitrogens is 1. The topological polar surface area (TPSA) is 30.9 Å². The second-order valence-corrected chi connectivity index (χ2v) is 9.79. The number of nitrogens with two attached hydrogens (primary N) is 1. The van der Waals surface area contributed by atoms with Gasteiger partial charge < -0.3 is 10.3 Å². The molecule has 7 aromatic rings. The fourth-order valence-corrected chi connectivity index (χ4v) is 6.45. The molecule has 0 atom stereocenters. The Balaban J connectivity index is 1.54. The van der Waals surface area contributed by atoms with Gasteiger partial charge in [-0.25, -0.2) is 0 Å². The van der Waals surface area contributed by atoms with E-state index in [1.54, 1.807) is 0 Å². The summed E-state index contributed by atoms with van der Waals surface area (Å²) in [5.74, 6) is 0. The van der Waals surface area contributed by atoms with E-state index in [2.05, 4.69) is 114 Å². The first-order valence-corrected chi connectivity index (χ1v) is 12.4. The average Bonchev–Trinajstić information content (AvgIpc) is 3.44. The van der Waals surface area contributed by atoms with Gasteiger partial charge in [0.15, 0.2) is 0 Å². The summed E-state index contributed by atoms with van der Waals surface area (Å²) in [5.41, 5.74) is 13.2. The Morgan fingerprint density at radius 3 is 2.29 bits per heavy atom. The first-order valence-electron chi connectivity index (χ1n) is 11.5. The molecule has 7 rings (SSSR count). The van der Waals surface area contributed by atoms with Crippen molar-refractivity contribution in [1.82, 2.24) is 4.57 Å². The minimum atomic E-state index is 0.532. The van der Waals surface area contributed by atoms with Gasteiger partial charge in [0, 0.05) is 43.2 Å². The smallest absolute Gasteiger partial charge is 0.0547 e. The molecule has 0 amide bonds. The van der Waals surface area contributed by atoms with Gasteiger partial charge in [-0.2, -0.15) is 0 Å². The van der Waals surface area contributed by atoms with Crippen LogP contribution >= 0.6 is 11.3 Å². The zero-order valence-electron chi connectivity index (χ0n) is 18.5. The van der Waals surface area contributed by atoms with Gasteiger partial charge >= 0.3 is 0 Å². The zero-order chi connectivity index (χ0) is 22.6. The second-order valence-electron chi connectivity index (χ2n) is 8.74. The Hall–Kier alpha value is -3.92. The standard InChI is InChI=1S/C31H22N2S/c32-19-20-7-5-8-22(17-20)33-28-13-3-1-9-24(28)25-16-15-21(18-29(25)33)23-11-6-12-27-26-10-2-4-14-30(26)34-31(23)27/h1-18H,19,32H2. The van der Waals surface area contributed by atoms with Crippen LogP contribution in [-0.4, -0.2) is 4.57 Å². The van der Waals surface area contributed by atoms with Gasteiger partial charge in [-0.05, 0) is 47.0 Å². The van der Waals surface area contributed by atoms with Crippen molar-refractivity contribution >= 4 is 53.3 Å². The zero-order valence-corrected chi connectivity index (χ0v) is 19.3. The van der Waals surface area contributed by atoms with Crippen LogP contribution in [0.3, 0.4) is 0 Å². The third kappa shape index (κ3) is 2.84. The van der Waals surface area contributed by atoms with Crippen LogP contribution in [0.25, 0.3) is 58.8 Å². The molecule has 162 valence electrons. The molecule has 0 spiro atoms. The van der Waals surface area contributed by atoms with Gasteiger partial charge in [-0.15, -0.1) is 11.3 Å². The van der Waals surface area contributed by atoms with Crippen LogP contribution in [0.1, 0.15) is 5.56 Å². The first-order chi connectivity index (χ1) is 16.8. The number of hydrogen-bond donors (Lipinski definition) is 1. The molecule has 0 saturated heterocycles. The Bertz CT molecular complexity index is 1850. The number of nitrogens with zero attached hydrogens (tertiary/aromatic N) is 1. The van der Waals surface area contributed by atoms with E-state index in [9.17, 15) is 0 Å². The van der Waals surface area contributed by atoms with Crippen molar-refractivity contribution in [2.24, 2.45) is 5.73 Å². The van der Waals surface area contributed by atoms with Crippen LogP contribution in [0.4, 0.5) is 0 Å². The maximum absolute atomic E-state index is 5.97. The molecule has 2 N–H and O–H groups in total. The van der Waals surface area contributed by atoms with Gasteiger partial charge in [0.05, 0.1) is 11.0 Å². The molecule has 0 saturated carbocycles. The fourth-order valence-electron chi connectivity index (χ4n) is 5.21. The Kier molecular flexibility index (Phi) is 4.34. The van der Waals surface area contributed by atoms with Crippen LogP contribution in [0.15, 0.2) is 109 Å². The van der Waals surface area contributed by atoms with E-state index in [0.717, 1.165) is 11.3 Å². The number of fused-ring (bicyclic) bond motifs is 6. The van der Waals surface area contributed by atoms with Gasteiger partial charge in [0.1, 0.15) is 0 Å². The number of hydrogen-bond acceptors (Lipinski definition) is 2. The van der Waals surface area contributed by atoms with E-state index in [1.165, 1.54) is 53.1 Å². The molecule has 34 heavy (non-hydrogen) atoms. The molecule has 3 heteroatoms. The average molecular weight is 455 g/mol. The number of rotatable bonds is 3. The summed E-state index contributed by atoms with van der Waals surface area (Å²) in [6, 6.07) is 39.5. The lowest BCUT2D eigenvalue weighted by Gasteiger charge is -2.11. The van der Waals surface area contributed by atoms with Crippen molar-refractivity contribution in [2.75, 3.05) is 0 Å². The number of para-hydroxylation sites is 1. The summed E-state index contributed by atoms with van der Waals surface area (Å²) in [7, 11) is 0. The Labute approximate surface area is 201 Å². The highest BCUT2D eigenvalue weighted by Gasteiger charge is 2.15. The minimum Gasteiger partial charge on any atom is -0.326 e. The maximum Gasteiger partial charge on any atom is 0.0547 e. The van der Waals surface area contributed by atoms with Crippen LogP contribution in [0.2, 0.25) is 0 Å². The van der Waals surface area contributed by atoms with Crippen molar-refractivity contribution < 1.29 is 0 Å². The highest BCUT2D eigenvalue weighted by atomic mass is 32.1. The lowest BCUT2D eigenvalue weighted by Crippen LogP contribution is -1.99. The van der Waals surface area contributed by atoms with Gasteiger partial charge in [-0.1, -0.05) is 78.9 Å². The highest BCUT2D eigenvalue weighted by Crippen LogP contribution is 2.41. The molecule has 2 aromatic heterocycles. The van der Waals surface area contributed by atoms with Crippen LogP contribution in [0, 0.1) is 0 Å². The predicted octanol–water partition coefficient (Wildman–Crippen LogP) is 8.28. The van der Waals surface area contributed by atoms with Gasteiger partial charge in [0.25, 0.3) is 0 Å². The van der Waals surface area contributed by atoms with Crippen molar-refractivity contribution in [3.8, 4) is 16.8 Å². The van der Waals surface area contributed by atoms with Crippen molar-refractivity contribution in [2.45, 2.75) is 6.54 Å². The molecule has 0 aliphatic carbocycles. The van der Waals surface area contributed by atoms with Gasteiger partial charge in [0.2, 0.25) is 0 Å². The van der Waals surface area contributed by atoms with Crippen molar-refractivity contribution in [3.05, 3.63) is 115 Å². The van der Waals surface area contributed by atoms with E-state index >= 15 is 0 Å². The van der Waals surface area contributed by atoms with E-state index in [4.69, 9.17) is 5.73 Å². The van der Waals surface area contributed by atoms with E-state index < -0.39 is 0 Å². The van der Waals surface area contributed by atoms with Crippen molar-refractivity contribution in [1.29, 1.82) is 0 Å². The van der Waals surface area contributed by atoms with Crippen LogP contribution in [0.5, 0.6) is 0 Å².